The first-order valence-electron chi connectivity index (χ1n) is 37.5. The quantitative estimate of drug-likeness (QED) is 0.0309. The van der Waals surface area contributed by atoms with E-state index < -0.39 is 400 Å². The Labute approximate surface area is 742 Å². The first kappa shape index (κ1) is 109. The summed E-state index contributed by atoms with van der Waals surface area (Å²) in [4.78, 5) is 0. The van der Waals surface area contributed by atoms with Crippen LogP contribution in [0.5, 0.6) is 0 Å². The van der Waals surface area contributed by atoms with Crippen LogP contribution in [-0.2, 0) is 0 Å². The molecule has 0 heterocycles. The second-order valence-electron chi connectivity index (χ2n) is 30.5. The lowest BCUT2D eigenvalue weighted by Gasteiger charge is -2.45. The van der Waals surface area contributed by atoms with E-state index in [1.165, 1.54) is 0 Å². The lowest BCUT2D eigenvalue weighted by molar-refractivity contribution is 0.402. The number of benzene rings is 10. The maximum Gasteiger partial charge on any atom is 0.306 e. The zero-order chi connectivity index (χ0) is 101. The van der Waals surface area contributed by atoms with Crippen LogP contribution in [0.25, 0.3) is 35.5 Å². The minimum Gasteiger partial charge on any atom is -0.212 e. The molecule has 0 atom stereocenters. The molecule has 0 amide bonds. The van der Waals surface area contributed by atoms with Gasteiger partial charge in [0.2, 0.25) is 23.3 Å². The zero-order valence-electron chi connectivity index (χ0n) is 68.1. The van der Waals surface area contributed by atoms with E-state index in [1.807, 2.05) is 0 Å². The summed E-state index contributed by atoms with van der Waals surface area (Å²) in [6.45, 7) is 6.75. The van der Waals surface area contributed by atoms with Crippen molar-refractivity contribution in [1.82, 2.24) is 0 Å². The maximum absolute atomic E-state index is 16.6. The molecule has 0 nitrogen and oxygen atoms in total. The van der Waals surface area contributed by atoms with E-state index in [2.05, 4.69) is 13.2 Å². The average Bonchev–Trinajstić information content (AvgIpc) is 1.48. The van der Waals surface area contributed by atoms with Gasteiger partial charge >= 0.3 is 24.3 Å². The van der Waals surface area contributed by atoms with Crippen molar-refractivity contribution in [2.75, 3.05) is 0 Å². The lowest BCUT2D eigenvalue weighted by atomic mass is 9.12. The van der Waals surface area contributed by atoms with Crippen molar-refractivity contribution in [2.24, 2.45) is 0 Å². The van der Waals surface area contributed by atoms with Gasteiger partial charge in [0.15, 0.2) is 105 Å². The fraction of sp³-hybridized carbons (Fsp3) is 0.138. The Morgan fingerprint density at radius 2 is 0.377 bits per heavy atom. The summed E-state index contributed by atoms with van der Waals surface area (Å²) in [5.74, 6) is -136. The molecule has 10 aromatic carbocycles. The molecule has 0 aromatic heterocycles. The summed E-state index contributed by atoms with van der Waals surface area (Å²) < 4.78 is 730. The smallest absolute Gasteiger partial charge is 0.212 e. The van der Waals surface area contributed by atoms with E-state index >= 15 is 140 Å². The predicted octanol–water partition coefficient (Wildman–Crippen LogP) is 24.2. The van der Waals surface area contributed by atoms with Crippen LogP contribution in [0.2, 0.25) is 0 Å². The van der Waals surface area contributed by atoms with Crippen molar-refractivity contribution < 1.29 is 211 Å². The minimum atomic E-state index is -8.01. The molecule has 0 spiro atoms. The molecule has 0 aliphatic heterocycles. The van der Waals surface area contributed by atoms with Crippen LogP contribution < -0.4 is 54.6 Å². The summed E-state index contributed by atoms with van der Waals surface area (Å²) in [7, 11) is -1.54. The van der Waals surface area contributed by atoms with Crippen molar-refractivity contribution >= 4 is 110 Å². The van der Waals surface area contributed by atoms with Gasteiger partial charge in [-0.1, -0.05) is 49.6 Å². The van der Waals surface area contributed by atoms with Crippen LogP contribution in [0.4, 0.5) is 211 Å². The Balaban J connectivity index is 0.000000252. The molecule has 4 saturated carbocycles. The molecular formula is C87H41B3F48. The standard InChI is InChI=1S/C36H20BF16.C32BF28.C16H12BF4.3CH3/c38-21-13(9-1-2-9)22(39)30(47)17(29(21)46)37(18-31(48)23(40)14(10-3-4-10)24(41)32(18)49,19-33(50)25(42)15(11-5-6-11)26(43)34(19)51)20-35(52)27(44)16(12-7-8-12)28(45)36(20)53;34-9-1(17(42)29(54)55)10(35)22(47)5(21(9)46)33(6-23(48)11(36)2(12(37)24(6)49)18(43)30(56)57,7-25(50)13(38)3(14(39)26(7)51)19(44)31(58)59)8-27(52)15(40)4(16(41)28(8)53)20(45)32(60)61;1-3-9-5-7-10(8-6-9)17-12-15(20)13(18)11(4-2)14(19)16(12)21;;;/h9-12H,1-8H2;;3-8H,1-2,17H2;3*1H3/q3*-1;3*+1. The topological polar surface area (TPSA) is 0 Å². The molecule has 51 heteroatoms. The third-order valence-corrected chi connectivity index (χ3v) is 23.0. The molecule has 0 bridgehead atoms. The molecule has 0 N–H and O–H groups in total. The summed E-state index contributed by atoms with van der Waals surface area (Å²) >= 11 is 0. The van der Waals surface area contributed by atoms with Gasteiger partial charge in [-0.3, -0.25) is 0 Å². The van der Waals surface area contributed by atoms with E-state index in [1.54, 1.807) is 30.3 Å². The minimum absolute atomic E-state index is 0. The van der Waals surface area contributed by atoms with Crippen LogP contribution in [0.3, 0.4) is 0 Å². The van der Waals surface area contributed by atoms with E-state index in [-0.39, 0.29) is 73.6 Å². The van der Waals surface area contributed by atoms with Crippen molar-refractivity contribution in [3.05, 3.63) is 349 Å². The third-order valence-electron chi connectivity index (χ3n) is 23.0. The van der Waals surface area contributed by atoms with Gasteiger partial charge in [0.1, 0.15) is 117 Å². The van der Waals surface area contributed by atoms with Crippen molar-refractivity contribution in [3.63, 3.8) is 0 Å². The highest BCUT2D eigenvalue weighted by molar-refractivity contribution is 7.21. The first-order chi connectivity index (χ1) is 63.0. The van der Waals surface area contributed by atoms with Crippen LogP contribution in [0.15, 0.2) is 61.7 Å². The fourth-order valence-corrected chi connectivity index (χ4v) is 16.4. The summed E-state index contributed by atoms with van der Waals surface area (Å²) in [6, 6.07) is 6.80. The molecule has 138 heavy (non-hydrogen) atoms. The molecule has 0 unspecified atom stereocenters. The monoisotopic (exact) mass is 2030 g/mol. The number of hydrogen-bond acceptors (Lipinski definition) is 0. The Bertz CT molecular complexity index is 5960. The molecule has 734 valence electrons. The van der Waals surface area contributed by atoms with E-state index in [9.17, 15) is 70.2 Å². The van der Waals surface area contributed by atoms with Gasteiger partial charge in [-0.2, -0.15) is 35.1 Å². The van der Waals surface area contributed by atoms with Crippen LogP contribution in [0, 0.1) is 232 Å². The Hall–Kier alpha value is -12.9. The SMILES string of the molecule is C=Cc1ccc([BH2-]c2c(F)c(F)c(C=C)c(F)c2F)cc1.FC(F)=C(F)c1c(F)c(F)c([B-](c2c(F)c(F)c(C(F)=C(F)F)c(F)c2F)(c2c(F)c(F)c(C(F)=C(F)F)c(F)c2F)c2c(F)c(F)c(C(F)=C(F)F)c(F)c2F)c(F)c1F.Fc1c(F)c([B-](c2c(F)c(F)c(C3CC3)c(F)c2F)(c2c(F)c(F)c(C3CC3)c(F)c2F)c2c(F)c(F)c(C3CC3)c(F)c2F)c(F)c(F)c1C1CC1.[CH3+].[CH3+].[CH3+]. The number of rotatable bonds is 20. The Morgan fingerprint density at radius 3 is 0.514 bits per heavy atom. The van der Waals surface area contributed by atoms with Gasteiger partial charge in [-0.25, -0.2) is 181 Å². The van der Waals surface area contributed by atoms with Gasteiger partial charge in [0, 0.05) is 51.8 Å². The largest absolute Gasteiger partial charge is 0.306 e. The van der Waals surface area contributed by atoms with Crippen molar-refractivity contribution in [3.8, 4) is 0 Å². The lowest BCUT2D eigenvalue weighted by Crippen LogP contribution is -2.81. The van der Waals surface area contributed by atoms with E-state index in [0.29, 0.717) is 5.46 Å². The average molecular weight is 2030 g/mol. The Morgan fingerprint density at radius 1 is 0.217 bits per heavy atom. The summed E-state index contributed by atoms with van der Waals surface area (Å²) in [5.41, 5.74) is -47.5. The summed E-state index contributed by atoms with van der Waals surface area (Å²) in [6.07, 6.45) is -29.4. The third kappa shape index (κ3) is 16.9. The molecule has 14 rings (SSSR count). The molecular weight excluding hydrogens is 1990 g/mol. The highest BCUT2D eigenvalue weighted by Crippen LogP contribution is 2.50. The second kappa shape index (κ2) is 39.5. The van der Waals surface area contributed by atoms with Gasteiger partial charge in [-0.15, -0.1) is 49.2 Å². The number of halogens is 48. The van der Waals surface area contributed by atoms with Crippen molar-refractivity contribution in [1.29, 1.82) is 0 Å². The maximum atomic E-state index is 16.6. The molecule has 4 fully saturated rings. The highest BCUT2D eigenvalue weighted by atomic mass is 19.3. The van der Waals surface area contributed by atoms with Crippen LogP contribution in [-0.4, -0.2) is 19.6 Å². The normalized spacial score (nSPS) is 13.5. The van der Waals surface area contributed by atoms with Gasteiger partial charge in [-0.05, 0) is 80.6 Å². The first-order valence-corrected chi connectivity index (χ1v) is 37.5. The number of hydrogen-bond donors (Lipinski definition) is 0. The predicted molar refractivity (Wildman–Crippen MR) is 408 cm³/mol. The molecule has 4 aliphatic rings. The van der Waals surface area contributed by atoms with Crippen molar-refractivity contribution in [2.45, 2.75) is 75.0 Å². The van der Waals surface area contributed by atoms with Crippen LogP contribution in [0.1, 0.15) is 131 Å². The van der Waals surface area contributed by atoms with E-state index in [4.69, 9.17) is 0 Å². The molecule has 10 aromatic rings. The van der Waals surface area contributed by atoms with Gasteiger partial charge in [0.25, 0.3) is 0 Å². The van der Waals surface area contributed by atoms with Gasteiger partial charge in [0.05, 0.1) is 27.8 Å². The molecule has 0 radical (unpaired) electrons. The summed E-state index contributed by atoms with van der Waals surface area (Å²) in [5, 5.41) is 0. The Kier molecular flexibility index (Phi) is 31.1. The fourth-order valence-electron chi connectivity index (χ4n) is 16.4. The highest BCUT2D eigenvalue weighted by Gasteiger charge is 2.57. The zero-order valence-corrected chi connectivity index (χ0v) is 68.1. The molecule has 0 saturated heterocycles. The molecule has 4 aliphatic carbocycles. The second-order valence-corrected chi connectivity index (χ2v) is 30.5. The van der Waals surface area contributed by atoms with Crippen LogP contribution >= 0.6 is 0 Å². The van der Waals surface area contributed by atoms with E-state index in [0.717, 1.165) is 11.6 Å². The van der Waals surface area contributed by atoms with Gasteiger partial charge < -0.3 is 0 Å².